The number of benzene rings is 1. The minimum atomic E-state index is -0.854. The predicted molar refractivity (Wildman–Crippen MR) is 65.9 cm³/mol. The molecular formula is C13H7ClFNO3. The highest BCUT2D eigenvalue weighted by Crippen LogP contribution is 2.22. The number of phenolic OH excluding ortho intramolecular Hbond substituents is 1. The molecule has 0 fully saturated rings. The summed E-state index contributed by atoms with van der Waals surface area (Å²) in [5.41, 5.74) is -0.612. The van der Waals surface area contributed by atoms with Crippen LogP contribution >= 0.6 is 11.6 Å². The molecule has 0 bridgehead atoms. The van der Waals surface area contributed by atoms with Gasteiger partial charge in [-0.05, 0) is 41.9 Å². The molecule has 1 aromatic carbocycles. The van der Waals surface area contributed by atoms with Crippen LogP contribution in [-0.2, 0) is 0 Å². The van der Waals surface area contributed by atoms with Gasteiger partial charge in [0, 0.05) is 6.20 Å². The first kappa shape index (κ1) is 13.2. The van der Waals surface area contributed by atoms with Gasteiger partial charge in [-0.15, -0.1) is 0 Å². The van der Waals surface area contributed by atoms with Gasteiger partial charge in [0.15, 0.2) is 0 Å². The largest absolute Gasteiger partial charge is 0.507 e. The van der Waals surface area contributed by atoms with E-state index in [9.17, 15) is 19.1 Å². The molecular weight excluding hydrogens is 273 g/mol. The Labute approximate surface area is 112 Å². The fourth-order valence-electron chi connectivity index (χ4n) is 1.56. The Hall–Kier alpha value is -2.27. The van der Waals surface area contributed by atoms with Crippen LogP contribution in [0.3, 0.4) is 0 Å². The molecule has 1 heterocycles. The van der Waals surface area contributed by atoms with E-state index in [1.807, 2.05) is 0 Å². The normalized spacial score (nSPS) is 10.2. The Balaban J connectivity index is 2.56. The van der Waals surface area contributed by atoms with E-state index in [1.165, 1.54) is 18.3 Å². The molecule has 19 heavy (non-hydrogen) atoms. The van der Waals surface area contributed by atoms with Gasteiger partial charge in [0.05, 0.1) is 11.1 Å². The van der Waals surface area contributed by atoms with Crippen LogP contribution < -0.4 is 0 Å². The second-order valence-corrected chi connectivity index (χ2v) is 4.01. The van der Waals surface area contributed by atoms with E-state index in [4.69, 9.17) is 11.6 Å². The second-order valence-electron chi connectivity index (χ2n) is 3.66. The predicted octanol–water partition coefficient (Wildman–Crippen LogP) is 2.54. The zero-order valence-electron chi connectivity index (χ0n) is 9.43. The van der Waals surface area contributed by atoms with Gasteiger partial charge in [0.2, 0.25) is 5.78 Å². The highest BCUT2D eigenvalue weighted by molar-refractivity contribution is 6.68. The minimum Gasteiger partial charge on any atom is -0.507 e. The van der Waals surface area contributed by atoms with E-state index >= 15 is 0 Å². The SMILES string of the molecule is O=C(Cl)c1cccnc1C(=O)c1cc(F)ccc1O. The number of halogens is 2. The number of ketones is 1. The topological polar surface area (TPSA) is 67.3 Å². The Morgan fingerprint density at radius 1 is 1.21 bits per heavy atom. The van der Waals surface area contributed by atoms with Gasteiger partial charge in [-0.1, -0.05) is 0 Å². The molecule has 1 N–H and O–H groups in total. The molecule has 0 amide bonds. The van der Waals surface area contributed by atoms with Crippen molar-refractivity contribution in [2.75, 3.05) is 0 Å². The Kier molecular flexibility index (Phi) is 3.57. The van der Waals surface area contributed by atoms with Crippen LogP contribution in [0.1, 0.15) is 26.4 Å². The van der Waals surface area contributed by atoms with Crippen LogP contribution in [0.25, 0.3) is 0 Å². The van der Waals surface area contributed by atoms with Crippen molar-refractivity contribution in [3.05, 3.63) is 59.2 Å². The summed E-state index contributed by atoms with van der Waals surface area (Å²) in [6, 6.07) is 5.70. The number of pyridine rings is 1. The molecule has 0 saturated carbocycles. The molecule has 0 radical (unpaired) electrons. The van der Waals surface area contributed by atoms with E-state index in [1.54, 1.807) is 0 Å². The first-order chi connectivity index (χ1) is 9.00. The number of rotatable bonds is 3. The van der Waals surface area contributed by atoms with Gasteiger partial charge in [-0.3, -0.25) is 14.6 Å². The number of aromatic nitrogens is 1. The Bertz CT molecular complexity index is 673. The molecule has 0 unspecified atom stereocenters. The molecule has 96 valence electrons. The van der Waals surface area contributed by atoms with Gasteiger partial charge in [0.25, 0.3) is 5.24 Å². The lowest BCUT2D eigenvalue weighted by Gasteiger charge is -2.06. The monoisotopic (exact) mass is 279 g/mol. The molecule has 1 aromatic heterocycles. The van der Waals surface area contributed by atoms with Gasteiger partial charge in [0.1, 0.15) is 17.3 Å². The summed E-state index contributed by atoms with van der Waals surface area (Å²) in [6.45, 7) is 0. The first-order valence-corrected chi connectivity index (χ1v) is 5.56. The molecule has 0 saturated heterocycles. The maximum absolute atomic E-state index is 13.1. The van der Waals surface area contributed by atoms with Crippen molar-refractivity contribution >= 4 is 22.6 Å². The molecule has 0 spiro atoms. The smallest absolute Gasteiger partial charge is 0.254 e. The van der Waals surface area contributed by atoms with E-state index in [0.717, 1.165) is 18.2 Å². The third-order valence-electron chi connectivity index (χ3n) is 2.44. The van der Waals surface area contributed by atoms with E-state index in [0.29, 0.717) is 0 Å². The average Bonchev–Trinajstić information content (AvgIpc) is 2.40. The van der Waals surface area contributed by atoms with Crippen LogP contribution in [0, 0.1) is 5.82 Å². The number of phenols is 1. The zero-order chi connectivity index (χ0) is 14.0. The fourth-order valence-corrected chi connectivity index (χ4v) is 1.72. The number of nitrogens with zero attached hydrogens (tertiary/aromatic N) is 1. The average molecular weight is 280 g/mol. The number of carbonyl (C=O) groups excluding carboxylic acids is 2. The number of carbonyl (C=O) groups is 2. The lowest BCUT2D eigenvalue weighted by Crippen LogP contribution is -2.10. The van der Waals surface area contributed by atoms with Crippen molar-refractivity contribution in [3.63, 3.8) is 0 Å². The van der Waals surface area contributed by atoms with E-state index in [2.05, 4.69) is 4.98 Å². The summed E-state index contributed by atoms with van der Waals surface area (Å²) < 4.78 is 13.1. The van der Waals surface area contributed by atoms with Gasteiger partial charge in [-0.2, -0.15) is 0 Å². The minimum absolute atomic E-state index is 0.0992. The summed E-state index contributed by atoms with van der Waals surface area (Å²) in [5, 5.41) is 8.71. The third-order valence-corrected chi connectivity index (χ3v) is 2.64. The molecule has 2 rings (SSSR count). The molecule has 0 atom stereocenters. The van der Waals surface area contributed by atoms with Crippen molar-refractivity contribution in [3.8, 4) is 5.75 Å². The van der Waals surface area contributed by atoms with Crippen molar-refractivity contribution in [1.82, 2.24) is 4.98 Å². The molecule has 6 heteroatoms. The van der Waals surface area contributed by atoms with Gasteiger partial charge in [-0.25, -0.2) is 4.39 Å². The summed E-state index contributed by atoms with van der Waals surface area (Å²) in [5.74, 6) is -1.86. The lowest BCUT2D eigenvalue weighted by molar-refractivity contribution is 0.101. The van der Waals surface area contributed by atoms with Crippen molar-refractivity contribution in [1.29, 1.82) is 0 Å². The zero-order valence-corrected chi connectivity index (χ0v) is 10.2. The van der Waals surface area contributed by atoms with Crippen LogP contribution in [0.15, 0.2) is 36.5 Å². The molecule has 0 aliphatic carbocycles. The fraction of sp³-hybridized carbons (Fsp3) is 0. The van der Waals surface area contributed by atoms with Gasteiger partial charge >= 0.3 is 0 Å². The number of aromatic hydroxyl groups is 1. The molecule has 2 aromatic rings. The van der Waals surface area contributed by atoms with Crippen LogP contribution in [0.2, 0.25) is 0 Å². The standard InChI is InChI=1S/C13H7ClFNO3/c14-13(19)8-2-1-5-16-11(8)12(18)9-6-7(15)3-4-10(9)17/h1-6,17H. The number of hydrogen-bond donors (Lipinski definition) is 1. The summed E-state index contributed by atoms with van der Waals surface area (Å²) in [4.78, 5) is 27.1. The maximum atomic E-state index is 13.1. The highest BCUT2D eigenvalue weighted by atomic mass is 35.5. The van der Waals surface area contributed by atoms with Crippen molar-refractivity contribution in [2.45, 2.75) is 0 Å². The second kappa shape index (κ2) is 5.16. The quantitative estimate of drug-likeness (QED) is 0.692. The van der Waals surface area contributed by atoms with Crippen molar-refractivity contribution in [2.24, 2.45) is 0 Å². The van der Waals surface area contributed by atoms with E-state index in [-0.39, 0.29) is 16.8 Å². The summed E-state index contributed by atoms with van der Waals surface area (Å²) in [6.07, 6.45) is 1.30. The molecule has 4 nitrogen and oxygen atoms in total. The highest BCUT2D eigenvalue weighted by Gasteiger charge is 2.21. The van der Waals surface area contributed by atoms with E-state index < -0.39 is 22.6 Å². The lowest BCUT2D eigenvalue weighted by atomic mass is 10.0. The summed E-state index contributed by atoms with van der Waals surface area (Å²) >= 11 is 5.34. The maximum Gasteiger partial charge on any atom is 0.254 e. The summed E-state index contributed by atoms with van der Waals surface area (Å²) in [7, 11) is 0. The van der Waals surface area contributed by atoms with Crippen molar-refractivity contribution < 1.29 is 19.1 Å². The van der Waals surface area contributed by atoms with Crippen LogP contribution in [0.4, 0.5) is 4.39 Å². The molecule has 0 aliphatic heterocycles. The molecule has 0 aliphatic rings. The van der Waals surface area contributed by atoms with Gasteiger partial charge < -0.3 is 5.11 Å². The van der Waals surface area contributed by atoms with Crippen LogP contribution in [0.5, 0.6) is 5.75 Å². The first-order valence-electron chi connectivity index (χ1n) is 5.19. The number of hydrogen-bond acceptors (Lipinski definition) is 4. The Morgan fingerprint density at radius 2 is 1.95 bits per heavy atom. The Morgan fingerprint density at radius 3 is 2.63 bits per heavy atom. The van der Waals surface area contributed by atoms with Crippen LogP contribution in [-0.4, -0.2) is 21.1 Å². The third kappa shape index (κ3) is 2.61.